The summed E-state index contributed by atoms with van der Waals surface area (Å²) in [5.74, 6) is -2.11. The molecule has 1 heterocycles. The molecule has 72 valence electrons. The van der Waals surface area contributed by atoms with E-state index in [4.69, 9.17) is 9.84 Å². The predicted molar refractivity (Wildman–Crippen MR) is 47.4 cm³/mol. The number of hydrogen-bond donors (Lipinski definition) is 1. The molecule has 0 fully saturated rings. The summed E-state index contributed by atoms with van der Waals surface area (Å²) < 4.78 is 5.17. The zero-order valence-electron chi connectivity index (χ0n) is 7.27. The zero-order chi connectivity index (χ0) is 10.1. The van der Waals surface area contributed by atoms with Crippen LogP contribution in [0.3, 0.4) is 0 Å². The lowest BCUT2D eigenvalue weighted by Gasteiger charge is -2.20. The molecular weight excluding hydrogens is 184 g/mol. The van der Waals surface area contributed by atoms with Crippen LogP contribution in [0, 0.1) is 5.92 Å². The van der Waals surface area contributed by atoms with Crippen LogP contribution in [0.2, 0.25) is 0 Å². The summed E-state index contributed by atoms with van der Waals surface area (Å²) in [6, 6.07) is 6.66. The molecule has 14 heavy (non-hydrogen) atoms. The van der Waals surface area contributed by atoms with Gasteiger partial charge in [-0.1, -0.05) is 12.1 Å². The quantitative estimate of drug-likeness (QED) is 0.673. The Morgan fingerprint density at radius 2 is 2.14 bits per heavy atom. The van der Waals surface area contributed by atoms with Gasteiger partial charge in [-0.3, -0.25) is 9.59 Å². The van der Waals surface area contributed by atoms with Crippen molar-refractivity contribution in [3.05, 3.63) is 29.8 Å². The van der Waals surface area contributed by atoms with Crippen LogP contribution in [-0.4, -0.2) is 23.5 Å². The van der Waals surface area contributed by atoms with Crippen molar-refractivity contribution in [2.75, 3.05) is 6.61 Å². The number of aliphatic carboxylic acids is 1. The van der Waals surface area contributed by atoms with E-state index in [0.29, 0.717) is 11.3 Å². The Morgan fingerprint density at radius 3 is 2.86 bits per heavy atom. The Kier molecular flexibility index (Phi) is 1.96. The molecule has 1 aromatic rings. The third-order valence-corrected chi connectivity index (χ3v) is 2.17. The Hall–Kier alpha value is -1.84. The van der Waals surface area contributed by atoms with Crippen LogP contribution in [-0.2, 0) is 4.79 Å². The summed E-state index contributed by atoms with van der Waals surface area (Å²) in [7, 11) is 0. The van der Waals surface area contributed by atoms with E-state index < -0.39 is 11.9 Å². The number of carbonyl (C=O) groups excluding carboxylic acids is 1. The van der Waals surface area contributed by atoms with Gasteiger partial charge in [0.15, 0.2) is 11.7 Å². The molecule has 0 saturated carbocycles. The molecule has 0 amide bonds. The smallest absolute Gasteiger partial charge is 0.317 e. The molecule has 0 spiro atoms. The van der Waals surface area contributed by atoms with Crippen molar-refractivity contribution in [2.24, 2.45) is 5.92 Å². The van der Waals surface area contributed by atoms with Crippen molar-refractivity contribution in [1.82, 2.24) is 0 Å². The fourth-order valence-corrected chi connectivity index (χ4v) is 1.42. The van der Waals surface area contributed by atoms with Crippen LogP contribution in [0.4, 0.5) is 0 Å². The number of carbonyl (C=O) groups is 2. The molecule has 0 bridgehead atoms. The van der Waals surface area contributed by atoms with Crippen molar-refractivity contribution in [1.29, 1.82) is 0 Å². The number of benzene rings is 1. The Balaban J connectivity index is 2.41. The highest BCUT2D eigenvalue weighted by Gasteiger charge is 2.33. The second kappa shape index (κ2) is 3.14. The third kappa shape index (κ3) is 1.25. The second-order valence-corrected chi connectivity index (χ2v) is 3.06. The van der Waals surface area contributed by atoms with Crippen LogP contribution in [0.5, 0.6) is 5.75 Å². The Labute approximate surface area is 80.1 Å². The van der Waals surface area contributed by atoms with Gasteiger partial charge in [0.05, 0.1) is 5.56 Å². The van der Waals surface area contributed by atoms with E-state index in [1.54, 1.807) is 24.3 Å². The standard InChI is InChI=1S/C10H8O4/c11-9-6-3-1-2-4-8(6)14-5-7(9)10(12)13/h1-4,7H,5H2,(H,12,13). The van der Waals surface area contributed by atoms with Gasteiger partial charge in [-0.05, 0) is 12.1 Å². The number of fused-ring (bicyclic) bond motifs is 1. The lowest BCUT2D eigenvalue weighted by molar-refractivity contribution is -0.141. The highest BCUT2D eigenvalue weighted by atomic mass is 16.5. The van der Waals surface area contributed by atoms with Crippen LogP contribution >= 0.6 is 0 Å². The molecule has 1 aliphatic heterocycles. The van der Waals surface area contributed by atoms with E-state index in [9.17, 15) is 9.59 Å². The van der Waals surface area contributed by atoms with E-state index >= 15 is 0 Å². The van der Waals surface area contributed by atoms with Crippen molar-refractivity contribution in [2.45, 2.75) is 0 Å². The summed E-state index contributed by atoms with van der Waals surface area (Å²) in [6.07, 6.45) is 0. The minimum Gasteiger partial charge on any atom is -0.491 e. The monoisotopic (exact) mass is 192 g/mol. The van der Waals surface area contributed by atoms with E-state index in [2.05, 4.69) is 0 Å². The van der Waals surface area contributed by atoms with Gasteiger partial charge in [0, 0.05) is 0 Å². The summed E-state index contributed by atoms with van der Waals surface area (Å²) in [5.41, 5.74) is 0.353. The van der Waals surface area contributed by atoms with Crippen molar-refractivity contribution in [3.63, 3.8) is 0 Å². The first-order valence-corrected chi connectivity index (χ1v) is 4.19. The number of carboxylic acids is 1. The minimum atomic E-state index is -1.13. The van der Waals surface area contributed by atoms with E-state index in [1.807, 2.05) is 0 Å². The molecule has 1 aliphatic rings. The average Bonchev–Trinajstić information content (AvgIpc) is 2.18. The largest absolute Gasteiger partial charge is 0.491 e. The Bertz CT molecular complexity index is 397. The molecule has 1 unspecified atom stereocenters. The SMILES string of the molecule is O=C(O)C1COc2ccccc2C1=O. The molecule has 4 nitrogen and oxygen atoms in total. The number of rotatable bonds is 1. The van der Waals surface area contributed by atoms with Gasteiger partial charge in [-0.2, -0.15) is 0 Å². The predicted octanol–water partition coefficient (Wildman–Crippen LogP) is 0.963. The molecule has 0 saturated heterocycles. The number of para-hydroxylation sites is 1. The first-order chi connectivity index (χ1) is 6.70. The molecule has 4 heteroatoms. The zero-order valence-corrected chi connectivity index (χ0v) is 7.27. The number of carboxylic acid groups (broad SMARTS) is 1. The molecule has 0 radical (unpaired) electrons. The number of Topliss-reactive ketones (excluding diaryl/α,β-unsaturated/α-hetero) is 1. The van der Waals surface area contributed by atoms with Gasteiger partial charge in [0.1, 0.15) is 12.4 Å². The number of ketones is 1. The lowest BCUT2D eigenvalue weighted by atomic mass is 9.95. The molecule has 0 aliphatic carbocycles. The van der Waals surface area contributed by atoms with Gasteiger partial charge >= 0.3 is 5.97 Å². The first kappa shape index (κ1) is 8.74. The molecule has 1 aromatic carbocycles. The van der Waals surface area contributed by atoms with Gasteiger partial charge < -0.3 is 9.84 Å². The lowest BCUT2D eigenvalue weighted by Crippen LogP contribution is -2.33. The maximum atomic E-state index is 11.6. The van der Waals surface area contributed by atoms with E-state index in [-0.39, 0.29) is 12.4 Å². The molecule has 1 N–H and O–H groups in total. The van der Waals surface area contributed by atoms with Crippen LogP contribution in [0.25, 0.3) is 0 Å². The fraction of sp³-hybridized carbons (Fsp3) is 0.200. The fourth-order valence-electron chi connectivity index (χ4n) is 1.42. The minimum absolute atomic E-state index is 0.0782. The van der Waals surface area contributed by atoms with Crippen LogP contribution in [0.15, 0.2) is 24.3 Å². The normalized spacial score (nSPS) is 19.7. The first-order valence-electron chi connectivity index (χ1n) is 4.19. The molecule has 0 aromatic heterocycles. The Morgan fingerprint density at radius 1 is 1.43 bits per heavy atom. The van der Waals surface area contributed by atoms with Gasteiger partial charge in [0.25, 0.3) is 0 Å². The summed E-state index contributed by atoms with van der Waals surface area (Å²) in [5, 5.41) is 8.73. The third-order valence-electron chi connectivity index (χ3n) is 2.17. The van der Waals surface area contributed by atoms with Crippen molar-refractivity contribution < 1.29 is 19.4 Å². The van der Waals surface area contributed by atoms with Crippen LogP contribution in [0.1, 0.15) is 10.4 Å². The molecular formula is C10H8O4. The highest BCUT2D eigenvalue weighted by molar-refractivity contribution is 6.10. The van der Waals surface area contributed by atoms with Gasteiger partial charge in [-0.25, -0.2) is 0 Å². The maximum absolute atomic E-state index is 11.6. The van der Waals surface area contributed by atoms with Gasteiger partial charge in [-0.15, -0.1) is 0 Å². The van der Waals surface area contributed by atoms with E-state index in [1.165, 1.54) is 0 Å². The number of hydrogen-bond acceptors (Lipinski definition) is 3. The molecule has 2 rings (SSSR count). The number of ether oxygens (including phenoxy) is 1. The average molecular weight is 192 g/mol. The second-order valence-electron chi connectivity index (χ2n) is 3.06. The van der Waals surface area contributed by atoms with Crippen molar-refractivity contribution >= 4 is 11.8 Å². The van der Waals surface area contributed by atoms with E-state index in [0.717, 1.165) is 0 Å². The van der Waals surface area contributed by atoms with Gasteiger partial charge in [0.2, 0.25) is 0 Å². The maximum Gasteiger partial charge on any atom is 0.317 e. The summed E-state index contributed by atoms with van der Waals surface area (Å²) in [6.45, 7) is -0.0782. The molecule has 1 atom stereocenters. The topological polar surface area (TPSA) is 63.6 Å². The summed E-state index contributed by atoms with van der Waals surface area (Å²) >= 11 is 0. The van der Waals surface area contributed by atoms with Crippen LogP contribution < -0.4 is 4.74 Å². The highest BCUT2D eigenvalue weighted by Crippen LogP contribution is 2.26. The van der Waals surface area contributed by atoms with Crippen molar-refractivity contribution in [3.8, 4) is 5.75 Å². The summed E-state index contributed by atoms with van der Waals surface area (Å²) in [4.78, 5) is 22.3.